The predicted octanol–water partition coefficient (Wildman–Crippen LogP) is 2.54. The Morgan fingerprint density at radius 1 is 1.48 bits per heavy atom. The minimum Gasteiger partial charge on any atom is -0.493 e. The molecule has 0 radical (unpaired) electrons. The molecule has 2 N–H and O–H groups in total. The molecule has 0 bridgehead atoms. The van der Waals surface area contributed by atoms with Crippen molar-refractivity contribution in [2.24, 2.45) is 0 Å². The van der Waals surface area contributed by atoms with Gasteiger partial charge in [0.15, 0.2) is 0 Å². The second-order valence-corrected chi connectivity index (χ2v) is 5.40. The lowest BCUT2D eigenvalue weighted by atomic mass is 10.1. The lowest BCUT2D eigenvalue weighted by Gasteiger charge is -2.14. The van der Waals surface area contributed by atoms with Gasteiger partial charge in [-0.25, -0.2) is 4.39 Å². The summed E-state index contributed by atoms with van der Waals surface area (Å²) in [4.78, 5) is 11.5. The van der Waals surface area contributed by atoms with Crippen LogP contribution in [0, 0.1) is 5.82 Å². The summed E-state index contributed by atoms with van der Waals surface area (Å²) in [5.41, 5.74) is 0.621. The molecule has 4 nitrogen and oxygen atoms in total. The summed E-state index contributed by atoms with van der Waals surface area (Å²) in [7, 11) is 0. The van der Waals surface area contributed by atoms with Gasteiger partial charge in [0.1, 0.15) is 11.6 Å². The van der Waals surface area contributed by atoms with Crippen LogP contribution in [0.15, 0.2) is 18.2 Å². The van der Waals surface area contributed by atoms with E-state index in [9.17, 15) is 9.18 Å². The van der Waals surface area contributed by atoms with Crippen LogP contribution in [0.3, 0.4) is 0 Å². The number of carbonyl (C=O) groups is 1. The van der Waals surface area contributed by atoms with Crippen LogP contribution >= 0.6 is 0 Å². The van der Waals surface area contributed by atoms with Crippen molar-refractivity contribution < 1.29 is 13.9 Å². The van der Waals surface area contributed by atoms with E-state index in [1.807, 2.05) is 13.8 Å². The zero-order valence-corrected chi connectivity index (χ0v) is 12.6. The van der Waals surface area contributed by atoms with Crippen LogP contribution in [-0.4, -0.2) is 25.1 Å². The lowest BCUT2D eigenvalue weighted by Crippen LogP contribution is -2.26. The van der Waals surface area contributed by atoms with E-state index in [1.54, 1.807) is 12.1 Å². The molecule has 1 aliphatic carbocycles. The third kappa shape index (κ3) is 5.01. The van der Waals surface area contributed by atoms with Crippen molar-refractivity contribution in [3.63, 3.8) is 0 Å². The first-order valence-electron chi connectivity index (χ1n) is 7.55. The van der Waals surface area contributed by atoms with Crippen molar-refractivity contribution >= 4 is 5.91 Å². The van der Waals surface area contributed by atoms with Gasteiger partial charge in [-0.3, -0.25) is 4.79 Å². The van der Waals surface area contributed by atoms with E-state index in [2.05, 4.69) is 10.6 Å². The Morgan fingerprint density at radius 2 is 2.24 bits per heavy atom. The highest BCUT2D eigenvalue weighted by molar-refractivity contribution is 5.76. The zero-order valence-electron chi connectivity index (χ0n) is 12.6. The van der Waals surface area contributed by atoms with Crippen LogP contribution in [-0.2, 0) is 4.79 Å². The summed E-state index contributed by atoms with van der Waals surface area (Å²) in [5, 5.41) is 6.06. The largest absolute Gasteiger partial charge is 0.493 e. The number of carbonyl (C=O) groups excluding carboxylic acids is 1. The number of nitrogens with one attached hydrogen (secondary N) is 2. The molecule has 1 aromatic rings. The summed E-state index contributed by atoms with van der Waals surface area (Å²) in [6.45, 7) is 4.96. The maximum atomic E-state index is 14.0. The SMILES string of the molecule is CCNC(C)c1ccc(OCCC(=O)NC2CC2)cc1F. The van der Waals surface area contributed by atoms with Crippen molar-refractivity contribution in [3.8, 4) is 5.75 Å². The fourth-order valence-corrected chi connectivity index (χ4v) is 2.15. The topological polar surface area (TPSA) is 50.4 Å². The highest BCUT2D eigenvalue weighted by Crippen LogP contribution is 2.22. The molecule has 0 spiro atoms. The van der Waals surface area contributed by atoms with Crippen molar-refractivity contribution in [2.45, 2.75) is 45.2 Å². The molecule has 0 aromatic heterocycles. The van der Waals surface area contributed by atoms with Crippen LogP contribution in [0.25, 0.3) is 0 Å². The molecule has 21 heavy (non-hydrogen) atoms. The first-order chi connectivity index (χ1) is 10.1. The summed E-state index contributed by atoms with van der Waals surface area (Å²) >= 11 is 0. The van der Waals surface area contributed by atoms with Gasteiger partial charge in [-0.2, -0.15) is 0 Å². The average molecular weight is 294 g/mol. The lowest BCUT2D eigenvalue weighted by molar-refractivity contribution is -0.121. The molecule has 1 amide bonds. The van der Waals surface area contributed by atoms with E-state index in [-0.39, 0.29) is 24.4 Å². The molecule has 5 heteroatoms. The Bertz CT molecular complexity index is 489. The van der Waals surface area contributed by atoms with E-state index in [0.717, 1.165) is 19.4 Å². The van der Waals surface area contributed by atoms with Gasteiger partial charge in [0.25, 0.3) is 0 Å². The van der Waals surface area contributed by atoms with E-state index in [0.29, 0.717) is 23.8 Å². The predicted molar refractivity (Wildman–Crippen MR) is 79.8 cm³/mol. The van der Waals surface area contributed by atoms with Crippen molar-refractivity contribution in [3.05, 3.63) is 29.6 Å². The summed E-state index contributed by atoms with van der Waals surface area (Å²) in [5.74, 6) is 0.165. The summed E-state index contributed by atoms with van der Waals surface area (Å²) < 4.78 is 19.4. The van der Waals surface area contributed by atoms with Gasteiger partial charge >= 0.3 is 0 Å². The fourth-order valence-electron chi connectivity index (χ4n) is 2.15. The zero-order chi connectivity index (χ0) is 15.2. The normalized spacial score (nSPS) is 15.6. The van der Waals surface area contributed by atoms with E-state index in [4.69, 9.17) is 4.74 Å². The number of hydrogen-bond donors (Lipinski definition) is 2. The second-order valence-electron chi connectivity index (χ2n) is 5.40. The number of ether oxygens (including phenoxy) is 1. The summed E-state index contributed by atoms with van der Waals surface area (Å²) in [6.07, 6.45) is 2.44. The van der Waals surface area contributed by atoms with Gasteiger partial charge in [0.05, 0.1) is 13.0 Å². The molecule has 1 saturated carbocycles. The minimum absolute atomic E-state index is 0.00430. The van der Waals surface area contributed by atoms with Gasteiger partial charge in [-0.05, 0) is 32.4 Å². The molecule has 2 rings (SSSR count). The highest BCUT2D eigenvalue weighted by Gasteiger charge is 2.22. The smallest absolute Gasteiger partial charge is 0.223 e. The number of hydrogen-bond acceptors (Lipinski definition) is 3. The van der Waals surface area contributed by atoms with Crippen LogP contribution in [0.2, 0.25) is 0 Å². The molecule has 1 aromatic carbocycles. The molecule has 1 aliphatic rings. The monoisotopic (exact) mass is 294 g/mol. The Morgan fingerprint density at radius 3 is 2.86 bits per heavy atom. The van der Waals surface area contributed by atoms with Gasteiger partial charge in [-0.1, -0.05) is 13.0 Å². The van der Waals surface area contributed by atoms with Crippen LogP contribution < -0.4 is 15.4 Å². The number of halogens is 1. The molecule has 1 fully saturated rings. The number of rotatable bonds is 8. The van der Waals surface area contributed by atoms with E-state index < -0.39 is 0 Å². The van der Waals surface area contributed by atoms with Crippen LogP contribution in [0.1, 0.15) is 44.7 Å². The molecule has 116 valence electrons. The van der Waals surface area contributed by atoms with Crippen molar-refractivity contribution in [1.29, 1.82) is 0 Å². The molecular formula is C16H23FN2O2. The van der Waals surface area contributed by atoms with Crippen LogP contribution in [0.4, 0.5) is 4.39 Å². The number of benzene rings is 1. The van der Waals surface area contributed by atoms with Gasteiger partial charge in [0.2, 0.25) is 5.91 Å². The Balaban J connectivity index is 1.80. The van der Waals surface area contributed by atoms with Gasteiger partial charge in [0, 0.05) is 23.7 Å². The standard InChI is InChI=1S/C16H23FN2O2/c1-3-18-11(2)14-7-6-13(10-15(14)17)21-9-8-16(20)19-12-4-5-12/h6-7,10-12,18H,3-5,8-9H2,1-2H3,(H,19,20). The van der Waals surface area contributed by atoms with Crippen LogP contribution in [0.5, 0.6) is 5.75 Å². The molecule has 0 aliphatic heterocycles. The fraction of sp³-hybridized carbons (Fsp3) is 0.562. The molecule has 0 saturated heterocycles. The quantitative estimate of drug-likeness (QED) is 0.774. The maximum absolute atomic E-state index is 14.0. The molecule has 0 heterocycles. The maximum Gasteiger partial charge on any atom is 0.223 e. The second kappa shape index (κ2) is 7.41. The average Bonchev–Trinajstić information content (AvgIpc) is 3.23. The first kappa shape index (κ1) is 15.8. The first-order valence-corrected chi connectivity index (χ1v) is 7.55. The van der Waals surface area contributed by atoms with Crippen molar-refractivity contribution in [1.82, 2.24) is 10.6 Å². The Hall–Kier alpha value is -1.62. The Kier molecular flexibility index (Phi) is 5.56. The minimum atomic E-state index is -0.289. The highest BCUT2D eigenvalue weighted by atomic mass is 19.1. The molecule has 1 unspecified atom stereocenters. The van der Waals surface area contributed by atoms with E-state index >= 15 is 0 Å². The van der Waals surface area contributed by atoms with Crippen molar-refractivity contribution in [2.75, 3.05) is 13.2 Å². The Labute approximate surface area is 125 Å². The number of amides is 1. The molecule has 1 atom stereocenters. The van der Waals surface area contributed by atoms with Gasteiger partial charge < -0.3 is 15.4 Å². The van der Waals surface area contributed by atoms with E-state index in [1.165, 1.54) is 6.07 Å². The molecular weight excluding hydrogens is 271 g/mol. The van der Waals surface area contributed by atoms with Gasteiger partial charge in [-0.15, -0.1) is 0 Å². The third-order valence-corrected chi connectivity index (χ3v) is 3.49. The summed E-state index contributed by atoms with van der Waals surface area (Å²) in [6, 6.07) is 5.17. The third-order valence-electron chi connectivity index (χ3n) is 3.49.